The molecule has 0 spiro atoms. The van der Waals surface area contributed by atoms with Crippen molar-refractivity contribution in [1.29, 1.82) is 0 Å². The van der Waals surface area contributed by atoms with Gasteiger partial charge in [0.2, 0.25) is 0 Å². The van der Waals surface area contributed by atoms with E-state index >= 15 is 0 Å². The highest BCUT2D eigenvalue weighted by molar-refractivity contribution is 7.85. The van der Waals surface area contributed by atoms with Gasteiger partial charge in [-0.05, 0) is 31.2 Å². The molecule has 2 aromatic carbocycles. The van der Waals surface area contributed by atoms with Crippen LogP contribution in [-0.2, 0) is 10.8 Å². The summed E-state index contributed by atoms with van der Waals surface area (Å²) in [7, 11) is 0.603. The molecule has 0 aliphatic rings. The monoisotopic (exact) mass is 377 g/mol. The molecule has 0 aliphatic heterocycles. The van der Waals surface area contributed by atoms with E-state index in [4.69, 9.17) is 4.74 Å². The minimum absolute atomic E-state index is 0.225. The molecule has 0 radical (unpaired) electrons. The SMILES string of the molecule is CN=C(NCCS(=O)c1ccccc1)NCC(C)Oc1ccccc1F. The summed E-state index contributed by atoms with van der Waals surface area (Å²) in [6.07, 6.45) is -0.246. The Morgan fingerprint density at radius 2 is 1.85 bits per heavy atom. The van der Waals surface area contributed by atoms with Gasteiger partial charge in [0.25, 0.3) is 0 Å². The number of hydrogen-bond donors (Lipinski definition) is 2. The van der Waals surface area contributed by atoms with Crippen LogP contribution < -0.4 is 15.4 Å². The first-order valence-electron chi connectivity index (χ1n) is 8.39. The van der Waals surface area contributed by atoms with E-state index in [9.17, 15) is 8.60 Å². The molecule has 0 saturated carbocycles. The Morgan fingerprint density at radius 3 is 2.54 bits per heavy atom. The lowest BCUT2D eigenvalue weighted by molar-refractivity contribution is 0.214. The van der Waals surface area contributed by atoms with Crippen LogP contribution in [0.2, 0.25) is 0 Å². The maximum Gasteiger partial charge on any atom is 0.191 e. The number of para-hydroxylation sites is 1. The normalized spacial score (nSPS) is 13.7. The van der Waals surface area contributed by atoms with Gasteiger partial charge in [-0.3, -0.25) is 9.20 Å². The van der Waals surface area contributed by atoms with E-state index in [1.54, 1.807) is 25.2 Å². The molecule has 7 heteroatoms. The molecule has 2 unspecified atom stereocenters. The van der Waals surface area contributed by atoms with Crippen LogP contribution in [0.5, 0.6) is 5.75 Å². The molecule has 5 nitrogen and oxygen atoms in total. The second kappa shape index (κ2) is 10.6. The Bertz CT molecular complexity index is 741. The maximum atomic E-state index is 13.6. The molecule has 140 valence electrons. The van der Waals surface area contributed by atoms with Crippen molar-refractivity contribution >= 4 is 16.8 Å². The number of nitrogens with zero attached hydrogens (tertiary/aromatic N) is 1. The largest absolute Gasteiger partial charge is 0.486 e. The van der Waals surface area contributed by atoms with Crippen molar-refractivity contribution < 1.29 is 13.3 Å². The molecule has 0 fully saturated rings. The second-order valence-corrected chi connectivity index (χ2v) is 7.17. The highest BCUT2D eigenvalue weighted by atomic mass is 32.2. The van der Waals surface area contributed by atoms with Gasteiger partial charge >= 0.3 is 0 Å². The number of guanidine groups is 1. The van der Waals surface area contributed by atoms with Crippen LogP contribution >= 0.6 is 0 Å². The molecular weight excluding hydrogens is 353 g/mol. The van der Waals surface area contributed by atoms with Crippen molar-refractivity contribution in [2.24, 2.45) is 4.99 Å². The fraction of sp³-hybridized carbons (Fsp3) is 0.316. The van der Waals surface area contributed by atoms with Crippen LogP contribution in [0.15, 0.2) is 64.5 Å². The molecule has 2 rings (SSSR count). The topological polar surface area (TPSA) is 62.7 Å². The summed E-state index contributed by atoms with van der Waals surface area (Å²) in [5.41, 5.74) is 0. The average molecular weight is 377 g/mol. The molecule has 2 atom stereocenters. The Hall–Kier alpha value is -2.41. The van der Waals surface area contributed by atoms with Crippen molar-refractivity contribution in [2.75, 3.05) is 25.9 Å². The smallest absolute Gasteiger partial charge is 0.191 e. The Kier molecular flexibility index (Phi) is 8.08. The Balaban J connectivity index is 1.72. The van der Waals surface area contributed by atoms with Crippen LogP contribution in [0.4, 0.5) is 4.39 Å². The van der Waals surface area contributed by atoms with Gasteiger partial charge in [-0.25, -0.2) is 4.39 Å². The molecule has 0 bridgehead atoms. The number of hydrogen-bond acceptors (Lipinski definition) is 3. The van der Waals surface area contributed by atoms with Gasteiger partial charge in [0.15, 0.2) is 17.5 Å². The van der Waals surface area contributed by atoms with Gasteiger partial charge in [0.05, 0.1) is 17.3 Å². The maximum absolute atomic E-state index is 13.6. The van der Waals surface area contributed by atoms with Crippen LogP contribution in [-0.4, -0.2) is 42.2 Å². The highest BCUT2D eigenvalue weighted by Gasteiger charge is 2.09. The minimum atomic E-state index is -1.06. The Labute approximate surface area is 156 Å². The van der Waals surface area contributed by atoms with Crippen molar-refractivity contribution in [1.82, 2.24) is 10.6 Å². The fourth-order valence-corrected chi connectivity index (χ4v) is 3.20. The van der Waals surface area contributed by atoms with E-state index < -0.39 is 10.8 Å². The number of rotatable bonds is 8. The summed E-state index contributed by atoms with van der Waals surface area (Å²) in [6, 6.07) is 15.7. The zero-order valence-electron chi connectivity index (χ0n) is 14.9. The van der Waals surface area contributed by atoms with Crippen LogP contribution in [0.3, 0.4) is 0 Å². The molecule has 2 aromatic rings. The van der Waals surface area contributed by atoms with E-state index in [1.165, 1.54) is 6.07 Å². The first kappa shape index (κ1) is 19.9. The summed E-state index contributed by atoms with van der Waals surface area (Å²) in [4.78, 5) is 4.93. The summed E-state index contributed by atoms with van der Waals surface area (Å²) < 4.78 is 31.3. The number of ether oxygens (including phenoxy) is 1. The number of aliphatic imine (C=N–C) groups is 1. The van der Waals surface area contributed by atoms with E-state index in [0.29, 0.717) is 24.8 Å². The van der Waals surface area contributed by atoms with Gasteiger partial charge in [-0.15, -0.1) is 0 Å². The van der Waals surface area contributed by atoms with Gasteiger partial charge in [-0.2, -0.15) is 0 Å². The van der Waals surface area contributed by atoms with E-state index in [-0.39, 0.29) is 17.7 Å². The average Bonchev–Trinajstić information content (AvgIpc) is 2.67. The van der Waals surface area contributed by atoms with Crippen molar-refractivity contribution in [3.63, 3.8) is 0 Å². The van der Waals surface area contributed by atoms with Gasteiger partial charge < -0.3 is 15.4 Å². The molecule has 2 N–H and O–H groups in total. The van der Waals surface area contributed by atoms with Crippen molar-refractivity contribution in [3.8, 4) is 5.75 Å². The van der Waals surface area contributed by atoms with Crippen LogP contribution in [0, 0.1) is 5.82 Å². The summed E-state index contributed by atoms with van der Waals surface area (Å²) in [5, 5.41) is 6.23. The minimum Gasteiger partial charge on any atom is -0.486 e. The number of nitrogens with one attached hydrogen (secondary N) is 2. The lowest BCUT2D eigenvalue weighted by Gasteiger charge is -2.18. The van der Waals surface area contributed by atoms with Gasteiger partial charge in [-0.1, -0.05) is 30.3 Å². The lowest BCUT2D eigenvalue weighted by atomic mass is 10.3. The van der Waals surface area contributed by atoms with Crippen molar-refractivity contribution in [3.05, 3.63) is 60.4 Å². The second-order valence-electron chi connectivity index (χ2n) is 5.60. The molecule has 0 saturated heterocycles. The van der Waals surface area contributed by atoms with Crippen LogP contribution in [0.25, 0.3) is 0 Å². The van der Waals surface area contributed by atoms with Gasteiger partial charge in [0.1, 0.15) is 6.10 Å². The van der Waals surface area contributed by atoms with E-state index in [2.05, 4.69) is 15.6 Å². The first-order chi connectivity index (χ1) is 12.6. The quantitative estimate of drug-likeness (QED) is 0.548. The van der Waals surface area contributed by atoms with Crippen molar-refractivity contribution in [2.45, 2.75) is 17.9 Å². The fourth-order valence-electron chi connectivity index (χ4n) is 2.21. The summed E-state index contributed by atoms with van der Waals surface area (Å²) in [6.45, 7) is 2.82. The number of benzene rings is 2. The Morgan fingerprint density at radius 1 is 1.15 bits per heavy atom. The standard InChI is InChI=1S/C19H24FN3O2S/c1-15(25-18-11-7-6-10-17(18)20)14-23-19(21-2)22-12-13-26(24)16-8-4-3-5-9-16/h3-11,15H,12-14H2,1-2H3,(H2,21,22,23). The molecule has 0 aromatic heterocycles. The lowest BCUT2D eigenvalue weighted by Crippen LogP contribution is -2.43. The zero-order valence-corrected chi connectivity index (χ0v) is 15.8. The number of halogens is 1. The molecule has 26 heavy (non-hydrogen) atoms. The first-order valence-corrected chi connectivity index (χ1v) is 9.71. The summed E-state index contributed by atoms with van der Waals surface area (Å²) in [5.74, 6) is 0.902. The zero-order chi connectivity index (χ0) is 18.8. The predicted octanol–water partition coefficient (Wildman–Crippen LogP) is 2.57. The third kappa shape index (κ3) is 6.48. The molecule has 0 aliphatic carbocycles. The highest BCUT2D eigenvalue weighted by Crippen LogP contribution is 2.16. The predicted molar refractivity (Wildman–Crippen MR) is 104 cm³/mol. The third-order valence-corrected chi connectivity index (χ3v) is 4.90. The molecule has 0 heterocycles. The third-order valence-electron chi connectivity index (χ3n) is 3.53. The molecular formula is C19H24FN3O2S. The van der Waals surface area contributed by atoms with Crippen LogP contribution in [0.1, 0.15) is 6.92 Å². The van der Waals surface area contributed by atoms with Gasteiger partial charge in [0, 0.05) is 24.2 Å². The van der Waals surface area contributed by atoms with E-state index in [1.807, 2.05) is 37.3 Å². The van der Waals surface area contributed by atoms with E-state index in [0.717, 1.165) is 4.90 Å². The molecule has 0 amide bonds. The summed E-state index contributed by atoms with van der Waals surface area (Å²) >= 11 is 0.